The smallest absolute Gasteiger partial charge is 0.253 e. The van der Waals surface area contributed by atoms with Crippen molar-refractivity contribution in [3.05, 3.63) is 53.9 Å². The fourth-order valence-corrected chi connectivity index (χ4v) is 2.91. The van der Waals surface area contributed by atoms with Crippen molar-refractivity contribution < 1.29 is 4.79 Å². The van der Waals surface area contributed by atoms with Crippen molar-refractivity contribution in [2.45, 2.75) is 38.9 Å². The molecule has 1 fully saturated rings. The molecule has 2 aromatic rings. The highest BCUT2D eigenvalue weighted by Gasteiger charge is 2.19. The SMILES string of the molecule is C[C@@H](Cn1cccn1)NCc1ccc(C(=O)N2CCCC2)cc1. The molecule has 1 aliphatic rings. The van der Waals surface area contributed by atoms with Gasteiger partial charge in [-0.25, -0.2) is 0 Å². The van der Waals surface area contributed by atoms with Gasteiger partial charge in [0, 0.05) is 43.6 Å². The normalized spacial score (nSPS) is 15.8. The molecular weight excluding hydrogens is 288 g/mol. The maximum atomic E-state index is 12.3. The van der Waals surface area contributed by atoms with Crippen LogP contribution < -0.4 is 5.32 Å². The van der Waals surface area contributed by atoms with Gasteiger partial charge in [-0.2, -0.15) is 5.10 Å². The molecule has 0 saturated carbocycles. The molecule has 1 aromatic carbocycles. The lowest BCUT2D eigenvalue weighted by Crippen LogP contribution is -2.30. The minimum Gasteiger partial charge on any atom is -0.339 e. The highest BCUT2D eigenvalue weighted by molar-refractivity contribution is 5.94. The number of carbonyl (C=O) groups excluding carboxylic acids is 1. The van der Waals surface area contributed by atoms with E-state index in [1.165, 1.54) is 5.56 Å². The van der Waals surface area contributed by atoms with E-state index in [4.69, 9.17) is 0 Å². The summed E-state index contributed by atoms with van der Waals surface area (Å²) in [6, 6.07) is 10.2. The summed E-state index contributed by atoms with van der Waals surface area (Å²) >= 11 is 0. The third kappa shape index (κ3) is 4.20. The maximum Gasteiger partial charge on any atom is 0.253 e. The van der Waals surface area contributed by atoms with Crippen molar-refractivity contribution in [1.82, 2.24) is 20.0 Å². The number of hydrogen-bond acceptors (Lipinski definition) is 3. The van der Waals surface area contributed by atoms with Crippen molar-refractivity contribution in [2.75, 3.05) is 13.1 Å². The number of benzene rings is 1. The minimum absolute atomic E-state index is 0.161. The van der Waals surface area contributed by atoms with Crippen LogP contribution in [0.25, 0.3) is 0 Å². The van der Waals surface area contributed by atoms with Gasteiger partial charge < -0.3 is 10.2 Å². The van der Waals surface area contributed by atoms with E-state index < -0.39 is 0 Å². The van der Waals surface area contributed by atoms with Gasteiger partial charge in [0.1, 0.15) is 0 Å². The first-order valence-electron chi connectivity index (χ1n) is 8.31. The first-order chi connectivity index (χ1) is 11.2. The summed E-state index contributed by atoms with van der Waals surface area (Å²) in [7, 11) is 0. The zero-order valence-corrected chi connectivity index (χ0v) is 13.6. The van der Waals surface area contributed by atoms with Crippen molar-refractivity contribution in [3.8, 4) is 0 Å². The molecule has 2 heterocycles. The largest absolute Gasteiger partial charge is 0.339 e. The second-order valence-corrected chi connectivity index (χ2v) is 6.21. The number of aromatic nitrogens is 2. The third-order valence-electron chi connectivity index (χ3n) is 4.27. The van der Waals surface area contributed by atoms with Gasteiger partial charge in [0.25, 0.3) is 5.91 Å². The topological polar surface area (TPSA) is 50.2 Å². The summed E-state index contributed by atoms with van der Waals surface area (Å²) in [5.41, 5.74) is 1.98. The Labute approximate surface area is 137 Å². The fourth-order valence-electron chi connectivity index (χ4n) is 2.91. The van der Waals surface area contributed by atoms with E-state index in [1.54, 1.807) is 6.20 Å². The summed E-state index contributed by atoms with van der Waals surface area (Å²) in [6.07, 6.45) is 6.02. The van der Waals surface area contributed by atoms with Crippen LogP contribution in [0.3, 0.4) is 0 Å². The van der Waals surface area contributed by atoms with Crippen molar-refractivity contribution in [2.24, 2.45) is 0 Å². The molecule has 1 aromatic heterocycles. The highest BCUT2D eigenvalue weighted by atomic mass is 16.2. The summed E-state index contributed by atoms with van der Waals surface area (Å²) in [5.74, 6) is 0.161. The number of amides is 1. The van der Waals surface area contributed by atoms with Gasteiger partial charge in [-0.15, -0.1) is 0 Å². The summed E-state index contributed by atoms with van der Waals surface area (Å²) in [6.45, 7) is 5.58. The molecule has 0 aliphatic carbocycles. The molecule has 1 saturated heterocycles. The molecule has 0 spiro atoms. The molecule has 0 bridgehead atoms. The van der Waals surface area contributed by atoms with Crippen LogP contribution in [0.2, 0.25) is 0 Å². The molecule has 5 heteroatoms. The first-order valence-corrected chi connectivity index (χ1v) is 8.31. The predicted octanol–water partition coefficient (Wildman–Crippen LogP) is 2.30. The standard InChI is InChI=1S/C18H24N4O/c1-15(14-22-12-4-9-20-22)19-13-16-5-7-17(8-6-16)18(23)21-10-2-3-11-21/h4-9,12,15,19H,2-3,10-11,13-14H2,1H3/t15-/m0/s1. The van der Waals surface area contributed by atoms with Crippen LogP contribution in [-0.4, -0.2) is 39.7 Å². The van der Waals surface area contributed by atoms with E-state index in [1.807, 2.05) is 46.1 Å². The van der Waals surface area contributed by atoms with E-state index in [0.717, 1.165) is 44.6 Å². The molecule has 23 heavy (non-hydrogen) atoms. The van der Waals surface area contributed by atoms with Gasteiger partial charge >= 0.3 is 0 Å². The van der Waals surface area contributed by atoms with Crippen LogP contribution in [0.15, 0.2) is 42.7 Å². The summed E-state index contributed by atoms with van der Waals surface area (Å²) in [5, 5.41) is 7.70. The van der Waals surface area contributed by atoms with E-state index in [9.17, 15) is 4.79 Å². The van der Waals surface area contributed by atoms with Crippen molar-refractivity contribution >= 4 is 5.91 Å². The number of hydrogen-bond donors (Lipinski definition) is 1. The number of nitrogens with one attached hydrogen (secondary N) is 1. The zero-order valence-electron chi connectivity index (χ0n) is 13.6. The lowest BCUT2D eigenvalue weighted by Gasteiger charge is -2.16. The average Bonchev–Trinajstić information content (AvgIpc) is 3.26. The number of carbonyl (C=O) groups is 1. The lowest BCUT2D eigenvalue weighted by molar-refractivity contribution is 0.0793. The molecule has 1 amide bonds. The van der Waals surface area contributed by atoms with Crippen LogP contribution in [-0.2, 0) is 13.1 Å². The molecule has 1 aliphatic heterocycles. The van der Waals surface area contributed by atoms with Crippen LogP contribution in [0.5, 0.6) is 0 Å². The Bertz CT molecular complexity index is 615. The van der Waals surface area contributed by atoms with Gasteiger partial charge in [0.05, 0.1) is 6.54 Å². The summed E-state index contributed by atoms with van der Waals surface area (Å²) < 4.78 is 1.93. The van der Waals surface area contributed by atoms with Crippen LogP contribution in [0.1, 0.15) is 35.7 Å². The molecule has 1 atom stereocenters. The molecule has 122 valence electrons. The highest BCUT2D eigenvalue weighted by Crippen LogP contribution is 2.13. The van der Waals surface area contributed by atoms with Crippen LogP contribution in [0.4, 0.5) is 0 Å². The Kier molecular flexibility index (Phi) is 5.08. The van der Waals surface area contributed by atoms with E-state index >= 15 is 0 Å². The van der Waals surface area contributed by atoms with Gasteiger partial charge in [-0.3, -0.25) is 9.48 Å². The second kappa shape index (κ2) is 7.42. The Balaban J connectivity index is 1.50. The van der Waals surface area contributed by atoms with E-state index in [2.05, 4.69) is 17.3 Å². The molecule has 0 unspecified atom stereocenters. The number of nitrogens with zero attached hydrogens (tertiary/aromatic N) is 3. The predicted molar refractivity (Wildman–Crippen MR) is 90.1 cm³/mol. The average molecular weight is 312 g/mol. The van der Waals surface area contributed by atoms with Gasteiger partial charge in [-0.1, -0.05) is 12.1 Å². The van der Waals surface area contributed by atoms with Crippen LogP contribution >= 0.6 is 0 Å². The van der Waals surface area contributed by atoms with Crippen LogP contribution in [0, 0.1) is 0 Å². The number of rotatable bonds is 6. The first kappa shape index (κ1) is 15.7. The van der Waals surface area contributed by atoms with Gasteiger partial charge in [0.2, 0.25) is 0 Å². The molecule has 3 rings (SSSR count). The fraction of sp³-hybridized carbons (Fsp3) is 0.444. The van der Waals surface area contributed by atoms with E-state index in [0.29, 0.717) is 6.04 Å². The molecule has 0 radical (unpaired) electrons. The second-order valence-electron chi connectivity index (χ2n) is 6.21. The van der Waals surface area contributed by atoms with Gasteiger partial charge in [0.15, 0.2) is 0 Å². The Morgan fingerprint density at radius 2 is 2.00 bits per heavy atom. The molecular formula is C18H24N4O. The van der Waals surface area contributed by atoms with Gasteiger partial charge in [-0.05, 0) is 43.5 Å². The molecule has 1 N–H and O–H groups in total. The zero-order chi connectivity index (χ0) is 16.1. The third-order valence-corrected chi connectivity index (χ3v) is 4.27. The Morgan fingerprint density at radius 3 is 2.65 bits per heavy atom. The summed E-state index contributed by atoms with van der Waals surface area (Å²) in [4.78, 5) is 14.2. The Morgan fingerprint density at radius 1 is 1.26 bits per heavy atom. The molecule has 5 nitrogen and oxygen atoms in total. The number of likely N-dealkylation sites (tertiary alicyclic amines) is 1. The van der Waals surface area contributed by atoms with Crippen molar-refractivity contribution in [1.29, 1.82) is 0 Å². The van der Waals surface area contributed by atoms with Crippen molar-refractivity contribution in [3.63, 3.8) is 0 Å². The lowest BCUT2D eigenvalue weighted by atomic mass is 10.1. The maximum absolute atomic E-state index is 12.3. The minimum atomic E-state index is 0.161. The quantitative estimate of drug-likeness (QED) is 0.890. The van der Waals surface area contributed by atoms with E-state index in [-0.39, 0.29) is 5.91 Å². The Hall–Kier alpha value is -2.14. The monoisotopic (exact) mass is 312 g/mol.